The van der Waals surface area contributed by atoms with Crippen molar-refractivity contribution in [1.82, 2.24) is 5.32 Å². The minimum Gasteiger partial charge on any atom is -0.496 e. The summed E-state index contributed by atoms with van der Waals surface area (Å²) in [5, 5.41) is 3.36. The van der Waals surface area contributed by atoms with Gasteiger partial charge in [0.25, 0.3) is 0 Å². The van der Waals surface area contributed by atoms with Gasteiger partial charge in [0, 0.05) is 16.6 Å². The predicted octanol–water partition coefficient (Wildman–Crippen LogP) is 3.21. The Hall–Kier alpha value is -0.580. The first-order chi connectivity index (χ1) is 8.67. The van der Waals surface area contributed by atoms with E-state index in [1.165, 1.54) is 5.56 Å². The molecule has 3 nitrogen and oxygen atoms in total. The molecule has 4 heteroatoms. The van der Waals surface area contributed by atoms with E-state index in [-0.39, 0.29) is 12.1 Å². The molecule has 1 heterocycles. The van der Waals surface area contributed by atoms with Gasteiger partial charge in [-0.2, -0.15) is 0 Å². The van der Waals surface area contributed by atoms with Crippen LogP contribution in [-0.2, 0) is 4.74 Å². The third-order valence-electron chi connectivity index (χ3n) is 3.49. The number of nitrogens with one attached hydrogen (secondary N) is 1. The van der Waals surface area contributed by atoms with Crippen molar-refractivity contribution in [3.63, 3.8) is 0 Å². The van der Waals surface area contributed by atoms with Crippen LogP contribution in [0.2, 0.25) is 0 Å². The second kappa shape index (κ2) is 6.04. The zero-order valence-electron chi connectivity index (χ0n) is 11.1. The van der Waals surface area contributed by atoms with Crippen LogP contribution in [-0.4, -0.2) is 26.9 Å². The third kappa shape index (κ3) is 2.71. The summed E-state index contributed by atoms with van der Waals surface area (Å²) in [6.07, 6.45) is 2.47. The lowest BCUT2D eigenvalue weighted by Crippen LogP contribution is -2.29. The summed E-state index contributed by atoms with van der Waals surface area (Å²) in [5.74, 6) is 0.922. The summed E-state index contributed by atoms with van der Waals surface area (Å²) in [6.45, 7) is 2.93. The Morgan fingerprint density at radius 1 is 1.50 bits per heavy atom. The first-order valence-corrected chi connectivity index (χ1v) is 7.09. The molecule has 1 aliphatic heterocycles. The lowest BCUT2D eigenvalue weighted by Gasteiger charge is -2.25. The summed E-state index contributed by atoms with van der Waals surface area (Å²) in [6, 6.07) is 4.38. The molecule has 0 saturated carbocycles. The van der Waals surface area contributed by atoms with E-state index in [1.807, 2.05) is 7.05 Å². The maximum absolute atomic E-state index is 5.80. The first-order valence-electron chi connectivity index (χ1n) is 6.30. The summed E-state index contributed by atoms with van der Waals surface area (Å²) in [5.41, 5.74) is 2.34. The number of methoxy groups -OCH3 is 1. The molecule has 0 aromatic heterocycles. The molecule has 2 unspecified atom stereocenters. The molecule has 0 bridgehead atoms. The van der Waals surface area contributed by atoms with Crippen LogP contribution in [0.15, 0.2) is 16.6 Å². The fourth-order valence-corrected chi connectivity index (χ4v) is 2.86. The highest BCUT2D eigenvalue weighted by atomic mass is 79.9. The number of hydrogen-bond donors (Lipinski definition) is 1. The number of aryl methyl sites for hydroxylation is 1. The molecule has 0 aliphatic carbocycles. The smallest absolute Gasteiger partial charge is 0.124 e. The van der Waals surface area contributed by atoms with Crippen LogP contribution in [0.1, 0.15) is 30.0 Å². The number of benzene rings is 1. The Morgan fingerprint density at radius 3 is 2.83 bits per heavy atom. The van der Waals surface area contributed by atoms with Crippen molar-refractivity contribution in [2.75, 3.05) is 20.8 Å². The van der Waals surface area contributed by atoms with Crippen molar-refractivity contribution in [1.29, 1.82) is 0 Å². The van der Waals surface area contributed by atoms with Crippen molar-refractivity contribution in [3.05, 3.63) is 27.7 Å². The fourth-order valence-electron chi connectivity index (χ4n) is 2.50. The second-order valence-electron chi connectivity index (χ2n) is 4.66. The average Bonchev–Trinajstić information content (AvgIpc) is 2.88. The quantitative estimate of drug-likeness (QED) is 0.926. The van der Waals surface area contributed by atoms with Gasteiger partial charge in [-0.3, -0.25) is 0 Å². The molecule has 0 spiro atoms. The van der Waals surface area contributed by atoms with E-state index in [1.54, 1.807) is 7.11 Å². The molecule has 1 saturated heterocycles. The average molecular weight is 314 g/mol. The Labute approximate surface area is 117 Å². The molecular weight excluding hydrogens is 294 g/mol. The van der Waals surface area contributed by atoms with E-state index in [0.29, 0.717) is 0 Å². The molecular formula is C14H20BrNO2. The van der Waals surface area contributed by atoms with Gasteiger partial charge in [-0.15, -0.1) is 0 Å². The minimum absolute atomic E-state index is 0.180. The van der Waals surface area contributed by atoms with Crippen molar-refractivity contribution in [2.24, 2.45) is 0 Å². The molecule has 0 amide bonds. The molecule has 1 N–H and O–H groups in total. The second-order valence-corrected chi connectivity index (χ2v) is 5.52. The zero-order chi connectivity index (χ0) is 13.1. The predicted molar refractivity (Wildman–Crippen MR) is 76.2 cm³/mol. The van der Waals surface area contributed by atoms with Gasteiger partial charge in [-0.25, -0.2) is 0 Å². The Morgan fingerprint density at radius 2 is 2.28 bits per heavy atom. The van der Waals surface area contributed by atoms with E-state index in [2.05, 4.69) is 40.3 Å². The minimum atomic E-state index is 0.180. The SMILES string of the molecule is CNC(c1cc(Br)c(C)cc1OC)C1CCCO1. The number of hydrogen-bond acceptors (Lipinski definition) is 3. The van der Waals surface area contributed by atoms with Crippen LogP contribution >= 0.6 is 15.9 Å². The summed E-state index contributed by atoms with van der Waals surface area (Å²) < 4.78 is 12.4. The van der Waals surface area contributed by atoms with Gasteiger partial charge in [0.15, 0.2) is 0 Å². The molecule has 1 aromatic carbocycles. The van der Waals surface area contributed by atoms with Gasteiger partial charge in [0.2, 0.25) is 0 Å². The summed E-state index contributed by atoms with van der Waals surface area (Å²) in [7, 11) is 3.69. The maximum Gasteiger partial charge on any atom is 0.124 e. The van der Waals surface area contributed by atoms with Crippen LogP contribution in [0.3, 0.4) is 0 Å². The number of halogens is 1. The third-order valence-corrected chi connectivity index (χ3v) is 4.35. The molecule has 1 aromatic rings. The Bertz CT molecular complexity index is 417. The van der Waals surface area contributed by atoms with Crippen molar-refractivity contribution in [3.8, 4) is 5.75 Å². The molecule has 18 heavy (non-hydrogen) atoms. The highest BCUT2D eigenvalue weighted by Crippen LogP contribution is 2.35. The van der Waals surface area contributed by atoms with Gasteiger partial charge in [0.05, 0.1) is 19.3 Å². The molecule has 1 aliphatic rings. The van der Waals surface area contributed by atoms with Crippen LogP contribution in [0.4, 0.5) is 0 Å². The molecule has 1 fully saturated rings. The van der Waals surface area contributed by atoms with E-state index < -0.39 is 0 Å². The topological polar surface area (TPSA) is 30.5 Å². The van der Waals surface area contributed by atoms with Crippen molar-refractivity contribution < 1.29 is 9.47 Å². The number of rotatable bonds is 4. The van der Waals surface area contributed by atoms with E-state index in [9.17, 15) is 0 Å². The van der Waals surface area contributed by atoms with E-state index in [0.717, 1.165) is 35.2 Å². The lowest BCUT2D eigenvalue weighted by atomic mass is 9.97. The normalized spacial score (nSPS) is 21.0. The monoisotopic (exact) mass is 313 g/mol. The van der Waals surface area contributed by atoms with Crippen molar-refractivity contribution in [2.45, 2.75) is 31.9 Å². The van der Waals surface area contributed by atoms with Gasteiger partial charge in [0.1, 0.15) is 5.75 Å². The summed E-state index contributed by atoms with van der Waals surface area (Å²) >= 11 is 3.59. The van der Waals surface area contributed by atoms with Gasteiger partial charge in [-0.1, -0.05) is 15.9 Å². The fraction of sp³-hybridized carbons (Fsp3) is 0.571. The molecule has 100 valence electrons. The highest BCUT2D eigenvalue weighted by Gasteiger charge is 2.28. The van der Waals surface area contributed by atoms with E-state index in [4.69, 9.17) is 9.47 Å². The Kier molecular flexibility index (Phi) is 4.65. The van der Waals surface area contributed by atoms with Crippen LogP contribution < -0.4 is 10.1 Å². The molecule has 2 atom stereocenters. The first kappa shape index (κ1) is 13.8. The largest absolute Gasteiger partial charge is 0.496 e. The van der Waals surface area contributed by atoms with E-state index >= 15 is 0 Å². The van der Waals surface area contributed by atoms with Gasteiger partial charge in [-0.05, 0) is 44.5 Å². The Balaban J connectivity index is 2.37. The standard InChI is InChI=1S/C14H20BrNO2/c1-9-7-13(17-3)10(8-11(9)15)14(16-2)12-5-4-6-18-12/h7-8,12,14,16H,4-6H2,1-3H3. The van der Waals surface area contributed by atoms with Crippen LogP contribution in [0.5, 0.6) is 5.75 Å². The van der Waals surface area contributed by atoms with Gasteiger partial charge < -0.3 is 14.8 Å². The lowest BCUT2D eigenvalue weighted by molar-refractivity contribution is 0.0799. The molecule has 2 rings (SSSR count). The van der Waals surface area contributed by atoms with Gasteiger partial charge >= 0.3 is 0 Å². The van der Waals surface area contributed by atoms with Crippen LogP contribution in [0.25, 0.3) is 0 Å². The zero-order valence-corrected chi connectivity index (χ0v) is 12.7. The maximum atomic E-state index is 5.80. The highest BCUT2D eigenvalue weighted by molar-refractivity contribution is 9.10. The van der Waals surface area contributed by atoms with Crippen molar-refractivity contribution >= 4 is 15.9 Å². The van der Waals surface area contributed by atoms with Crippen LogP contribution in [0, 0.1) is 6.92 Å². The molecule has 0 radical (unpaired) electrons. The number of likely N-dealkylation sites (N-methyl/N-ethyl adjacent to an activating group) is 1. The number of ether oxygens (including phenoxy) is 2. The summed E-state index contributed by atoms with van der Waals surface area (Å²) in [4.78, 5) is 0.